The quantitative estimate of drug-likeness (QED) is 0.507. The summed E-state index contributed by atoms with van der Waals surface area (Å²) in [5, 5.41) is 0. The Kier molecular flexibility index (Phi) is 5.28. The molecule has 5 fully saturated rings. The topological polar surface area (TPSA) is 86.7 Å². The second kappa shape index (κ2) is 7.41. The van der Waals surface area contributed by atoms with Gasteiger partial charge in [0.2, 0.25) is 0 Å². The van der Waals surface area contributed by atoms with Gasteiger partial charge in [-0.15, -0.1) is 0 Å². The van der Waals surface area contributed by atoms with E-state index in [1.165, 1.54) is 6.92 Å². The van der Waals surface area contributed by atoms with Gasteiger partial charge < -0.3 is 9.47 Å². The van der Waals surface area contributed by atoms with Crippen molar-refractivity contribution in [1.29, 1.82) is 0 Å². The Morgan fingerprint density at radius 3 is 2.14 bits per heavy atom. The normalized spacial score (nSPS) is 50.7. The molecule has 0 radical (unpaired) electrons. The van der Waals surface area contributed by atoms with E-state index in [0.29, 0.717) is 19.3 Å². The Labute approximate surface area is 209 Å². The number of carbonyl (C=O) groups excluding carboxylic acids is 4. The van der Waals surface area contributed by atoms with Crippen molar-refractivity contribution in [1.82, 2.24) is 0 Å². The van der Waals surface area contributed by atoms with E-state index in [0.717, 1.165) is 25.7 Å². The highest BCUT2D eigenvalue weighted by Crippen LogP contribution is 2.75. The van der Waals surface area contributed by atoms with Gasteiger partial charge in [0.15, 0.2) is 0 Å². The number of fused-ring (bicyclic) bond motifs is 5. The maximum atomic E-state index is 14.0. The second-order valence-corrected chi connectivity index (χ2v) is 13.9. The average Bonchev–Trinajstić information content (AvgIpc) is 3.30. The maximum Gasteiger partial charge on any atom is 0.306 e. The van der Waals surface area contributed by atoms with Crippen LogP contribution in [-0.4, -0.2) is 35.2 Å². The average molecular weight is 487 g/mol. The Balaban J connectivity index is 1.53. The molecule has 0 aromatic rings. The first-order valence-corrected chi connectivity index (χ1v) is 13.6. The zero-order chi connectivity index (χ0) is 25.8. The van der Waals surface area contributed by atoms with Crippen LogP contribution in [0.3, 0.4) is 0 Å². The summed E-state index contributed by atoms with van der Waals surface area (Å²) in [4.78, 5) is 51.8. The van der Waals surface area contributed by atoms with Gasteiger partial charge in [-0.25, -0.2) is 0 Å². The van der Waals surface area contributed by atoms with E-state index in [9.17, 15) is 19.2 Å². The Morgan fingerprint density at radius 1 is 0.886 bits per heavy atom. The van der Waals surface area contributed by atoms with E-state index in [-0.39, 0.29) is 69.8 Å². The van der Waals surface area contributed by atoms with Gasteiger partial charge in [-0.1, -0.05) is 34.6 Å². The van der Waals surface area contributed by atoms with E-state index in [1.54, 1.807) is 0 Å². The van der Waals surface area contributed by atoms with Crippen molar-refractivity contribution < 1.29 is 28.7 Å². The van der Waals surface area contributed by atoms with Crippen LogP contribution >= 0.6 is 0 Å². The van der Waals surface area contributed by atoms with Gasteiger partial charge >= 0.3 is 11.9 Å². The van der Waals surface area contributed by atoms with Crippen molar-refractivity contribution in [2.45, 2.75) is 112 Å². The molecule has 0 aromatic carbocycles. The molecule has 4 saturated carbocycles. The van der Waals surface area contributed by atoms with E-state index >= 15 is 0 Å². The molecule has 1 heterocycles. The van der Waals surface area contributed by atoms with Gasteiger partial charge in [0.05, 0.1) is 0 Å². The molecular formula is C29H42O6. The van der Waals surface area contributed by atoms with Crippen molar-refractivity contribution in [2.75, 3.05) is 0 Å². The molecule has 5 rings (SSSR count). The zero-order valence-electron chi connectivity index (χ0n) is 22.5. The molecule has 4 aliphatic carbocycles. The fourth-order valence-electron chi connectivity index (χ4n) is 10.1. The lowest BCUT2D eigenvalue weighted by Gasteiger charge is -2.68. The fourth-order valence-corrected chi connectivity index (χ4v) is 10.1. The lowest BCUT2D eigenvalue weighted by Crippen LogP contribution is -2.68. The molecule has 6 heteroatoms. The number of esters is 2. The van der Waals surface area contributed by atoms with Gasteiger partial charge in [0.1, 0.15) is 23.3 Å². The van der Waals surface area contributed by atoms with Crippen LogP contribution in [0.15, 0.2) is 0 Å². The molecule has 194 valence electrons. The molecule has 0 spiro atoms. The number of rotatable bonds is 2. The third-order valence-corrected chi connectivity index (χ3v) is 12.3. The van der Waals surface area contributed by atoms with E-state index in [4.69, 9.17) is 9.47 Å². The van der Waals surface area contributed by atoms with E-state index in [2.05, 4.69) is 34.6 Å². The van der Waals surface area contributed by atoms with Gasteiger partial charge in [0, 0.05) is 48.9 Å². The summed E-state index contributed by atoms with van der Waals surface area (Å²) < 4.78 is 11.5. The van der Waals surface area contributed by atoms with Crippen LogP contribution in [0.1, 0.15) is 99.8 Å². The van der Waals surface area contributed by atoms with Crippen LogP contribution in [0.5, 0.6) is 0 Å². The monoisotopic (exact) mass is 486 g/mol. The summed E-state index contributed by atoms with van der Waals surface area (Å²) in [5.74, 6) is -0.189. The maximum absolute atomic E-state index is 14.0. The van der Waals surface area contributed by atoms with E-state index in [1.807, 2.05) is 6.92 Å². The van der Waals surface area contributed by atoms with Crippen LogP contribution < -0.4 is 0 Å². The molecule has 0 aromatic heterocycles. The summed E-state index contributed by atoms with van der Waals surface area (Å²) in [6.45, 7) is 14.4. The van der Waals surface area contributed by atoms with Crippen molar-refractivity contribution in [3.63, 3.8) is 0 Å². The minimum Gasteiger partial charge on any atom is -0.462 e. The minimum atomic E-state index is -0.626. The number of cyclic esters (lactones) is 1. The van der Waals surface area contributed by atoms with Crippen LogP contribution in [0, 0.1) is 45.3 Å². The molecular weight excluding hydrogens is 444 g/mol. The summed E-state index contributed by atoms with van der Waals surface area (Å²) >= 11 is 0. The van der Waals surface area contributed by atoms with Crippen LogP contribution in [-0.2, 0) is 28.7 Å². The summed E-state index contributed by atoms with van der Waals surface area (Å²) in [7, 11) is 0. The molecule has 1 saturated heterocycles. The molecule has 6 nitrogen and oxygen atoms in total. The van der Waals surface area contributed by atoms with Crippen molar-refractivity contribution in [2.24, 2.45) is 45.3 Å². The molecule has 5 aliphatic rings. The van der Waals surface area contributed by atoms with Gasteiger partial charge in [0.25, 0.3) is 0 Å². The molecule has 35 heavy (non-hydrogen) atoms. The smallest absolute Gasteiger partial charge is 0.306 e. The van der Waals surface area contributed by atoms with E-state index < -0.39 is 17.1 Å². The Bertz CT molecular complexity index is 999. The summed E-state index contributed by atoms with van der Waals surface area (Å²) in [6.07, 6.45) is 4.94. The zero-order valence-corrected chi connectivity index (χ0v) is 22.5. The first-order valence-electron chi connectivity index (χ1n) is 13.6. The predicted octanol–water partition coefficient (Wildman–Crippen LogP) is 5.06. The summed E-state index contributed by atoms with van der Waals surface area (Å²) in [5.41, 5.74) is -1.94. The third kappa shape index (κ3) is 3.06. The standard InChI is InChI=1S/C29H42O6/c1-16(30)34-22-15-21(32)29(7)19(25(22,2)3)9-12-26(4)20(29)14-18(31)24-17(8-11-27(24,26)5)28(6)13-10-23(33)35-28/h17,19-20,22,24H,8-15H2,1-7H3/t17-,19-,20-,22+,24-,26+,27+,28-,29-/m0/s1. The number of ether oxygens (including phenoxy) is 2. The lowest BCUT2D eigenvalue weighted by molar-refractivity contribution is -0.219. The lowest BCUT2D eigenvalue weighted by atomic mass is 9.35. The van der Waals surface area contributed by atoms with Crippen LogP contribution in [0.2, 0.25) is 0 Å². The molecule has 0 N–H and O–H groups in total. The highest BCUT2D eigenvalue weighted by Gasteiger charge is 2.74. The molecule has 0 unspecified atom stereocenters. The Morgan fingerprint density at radius 2 is 1.54 bits per heavy atom. The fraction of sp³-hybridized carbons (Fsp3) is 0.862. The van der Waals surface area contributed by atoms with Gasteiger partial charge in [-0.2, -0.15) is 0 Å². The largest absolute Gasteiger partial charge is 0.462 e. The molecule has 0 bridgehead atoms. The SMILES string of the molecule is CC(=O)O[C@@H]1CC(=O)[C@]2(C)[C@H]3CC(=O)[C@@H]4[C@@H]([C@]5(C)CCC(=O)O5)CC[C@@]4(C)[C@]3(C)CC[C@H]2C1(C)C. The number of ketones is 2. The predicted molar refractivity (Wildman–Crippen MR) is 129 cm³/mol. The van der Waals surface area contributed by atoms with Crippen molar-refractivity contribution in [3.8, 4) is 0 Å². The minimum absolute atomic E-state index is 0.0368. The van der Waals surface area contributed by atoms with Gasteiger partial charge in [-0.05, 0) is 61.7 Å². The number of carbonyl (C=O) groups is 4. The molecule has 0 amide bonds. The first-order chi connectivity index (χ1) is 16.1. The summed E-state index contributed by atoms with van der Waals surface area (Å²) in [6, 6.07) is 0. The van der Waals surface area contributed by atoms with Gasteiger partial charge in [-0.3, -0.25) is 19.2 Å². The molecule has 1 aliphatic heterocycles. The molecule has 9 atom stereocenters. The number of Topliss-reactive ketones (excluding diaryl/α,β-unsaturated/α-hetero) is 2. The number of hydrogen-bond donors (Lipinski definition) is 0. The highest BCUT2D eigenvalue weighted by molar-refractivity contribution is 5.90. The highest BCUT2D eigenvalue weighted by atomic mass is 16.6. The van der Waals surface area contributed by atoms with Crippen LogP contribution in [0.25, 0.3) is 0 Å². The number of hydrogen-bond acceptors (Lipinski definition) is 6. The third-order valence-electron chi connectivity index (χ3n) is 12.3. The Hall–Kier alpha value is -1.72. The van der Waals surface area contributed by atoms with Crippen molar-refractivity contribution >= 4 is 23.5 Å². The van der Waals surface area contributed by atoms with Crippen LogP contribution in [0.4, 0.5) is 0 Å². The first kappa shape index (κ1) is 25.0. The van der Waals surface area contributed by atoms with Crippen molar-refractivity contribution in [3.05, 3.63) is 0 Å². The second-order valence-electron chi connectivity index (χ2n) is 13.9.